The van der Waals surface area contributed by atoms with E-state index in [0.29, 0.717) is 11.3 Å². The van der Waals surface area contributed by atoms with Gasteiger partial charge in [0.05, 0.1) is 6.10 Å². The Morgan fingerprint density at radius 2 is 2.07 bits per heavy atom. The highest BCUT2D eigenvalue weighted by Crippen LogP contribution is 2.70. The van der Waals surface area contributed by atoms with Crippen LogP contribution in [0.2, 0.25) is 0 Å². The van der Waals surface area contributed by atoms with Crippen LogP contribution in [0.25, 0.3) is 0 Å². The van der Waals surface area contributed by atoms with Crippen LogP contribution in [-0.2, 0) is 0 Å². The molecule has 0 aromatic rings. The molecule has 1 unspecified atom stereocenters. The summed E-state index contributed by atoms with van der Waals surface area (Å²) in [6, 6.07) is 0. The van der Waals surface area contributed by atoms with Crippen LogP contribution in [0.15, 0.2) is 12.2 Å². The molecule has 84 valence electrons. The maximum Gasteiger partial charge on any atom is 0.0599 e. The van der Waals surface area contributed by atoms with Crippen molar-refractivity contribution in [3.8, 4) is 0 Å². The molecule has 3 aliphatic rings. The maximum absolute atomic E-state index is 10.3. The summed E-state index contributed by atoms with van der Waals surface area (Å²) >= 11 is 0. The Balaban J connectivity index is 2.08. The molecule has 0 heterocycles. The molecular weight excluding hydrogens is 184 g/mol. The minimum Gasteiger partial charge on any atom is -0.393 e. The van der Waals surface area contributed by atoms with Gasteiger partial charge < -0.3 is 5.11 Å². The fraction of sp³-hybridized carbons (Fsp3) is 0.857. The highest BCUT2D eigenvalue weighted by atomic mass is 16.3. The molecule has 3 aliphatic carbocycles. The third-order valence-electron chi connectivity index (χ3n) is 5.87. The second kappa shape index (κ2) is 2.68. The van der Waals surface area contributed by atoms with Crippen molar-refractivity contribution in [2.24, 2.45) is 22.7 Å². The van der Waals surface area contributed by atoms with E-state index in [1.54, 1.807) is 0 Å². The molecule has 1 spiro atoms. The number of fused-ring (bicyclic) bond motifs is 1. The average Bonchev–Trinajstić information content (AvgIpc) is 2.57. The first kappa shape index (κ1) is 9.89. The van der Waals surface area contributed by atoms with Crippen LogP contribution in [0.3, 0.4) is 0 Å². The lowest BCUT2D eigenvalue weighted by Gasteiger charge is -2.36. The predicted octanol–water partition coefficient (Wildman–Crippen LogP) is 3.14. The van der Waals surface area contributed by atoms with Crippen molar-refractivity contribution in [2.75, 3.05) is 0 Å². The minimum atomic E-state index is -0.0279. The molecule has 1 heteroatoms. The Labute approximate surface area is 92.6 Å². The van der Waals surface area contributed by atoms with Crippen molar-refractivity contribution in [3.63, 3.8) is 0 Å². The summed E-state index contributed by atoms with van der Waals surface area (Å²) in [6.07, 6.45) is 5.80. The number of aliphatic hydroxyl groups is 1. The standard InChI is InChI=1S/C14H22O/c1-9-6-7-14-8-10(9)13(2,3)11(14)4-5-12(14)15/h10-12,15H,1,4-8H2,2-3H3/t10-,11-,12?,14+/m0/s1. The van der Waals surface area contributed by atoms with Crippen molar-refractivity contribution < 1.29 is 5.11 Å². The summed E-state index contributed by atoms with van der Waals surface area (Å²) in [5.41, 5.74) is 2.10. The molecule has 0 radical (unpaired) electrons. The number of rotatable bonds is 0. The highest BCUT2D eigenvalue weighted by molar-refractivity contribution is 5.23. The molecule has 0 amide bonds. The third kappa shape index (κ3) is 0.982. The lowest BCUT2D eigenvalue weighted by molar-refractivity contribution is 0.0178. The second-order valence-corrected chi connectivity index (χ2v) is 6.62. The first-order valence-electron chi connectivity index (χ1n) is 6.34. The van der Waals surface area contributed by atoms with E-state index < -0.39 is 0 Å². The monoisotopic (exact) mass is 206 g/mol. The Morgan fingerprint density at radius 1 is 1.33 bits per heavy atom. The highest BCUT2D eigenvalue weighted by Gasteiger charge is 2.64. The van der Waals surface area contributed by atoms with Crippen molar-refractivity contribution in [1.29, 1.82) is 0 Å². The summed E-state index contributed by atoms with van der Waals surface area (Å²) in [5.74, 6) is 1.41. The molecule has 0 aromatic heterocycles. The molecular formula is C14H22O. The zero-order chi connectivity index (χ0) is 10.8. The summed E-state index contributed by atoms with van der Waals surface area (Å²) in [5, 5.41) is 10.3. The molecule has 4 atom stereocenters. The lowest BCUT2D eigenvalue weighted by Crippen LogP contribution is -2.34. The summed E-state index contributed by atoms with van der Waals surface area (Å²) in [7, 11) is 0. The number of hydrogen-bond donors (Lipinski definition) is 1. The van der Waals surface area contributed by atoms with E-state index in [0.717, 1.165) is 18.8 Å². The largest absolute Gasteiger partial charge is 0.393 e. The molecule has 3 rings (SSSR count). The van der Waals surface area contributed by atoms with Crippen molar-refractivity contribution in [3.05, 3.63) is 12.2 Å². The van der Waals surface area contributed by atoms with Crippen molar-refractivity contribution >= 4 is 0 Å². The van der Waals surface area contributed by atoms with Crippen LogP contribution in [0.5, 0.6) is 0 Å². The van der Waals surface area contributed by atoms with Crippen LogP contribution in [0.4, 0.5) is 0 Å². The van der Waals surface area contributed by atoms with Crippen LogP contribution >= 0.6 is 0 Å². The first-order valence-corrected chi connectivity index (χ1v) is 6.34. The molecule has 3 saturated carbocycles. The quantitative estimate of drug-likeness (QED) is 0.604. The van der Waals surface area contributed by atoms with E-state index in [1.807, 2.05) is 0 Å². The Morgan fingerprint density at radius 3 is 2.80 bits per heavy atom. The van der Waals surface area contributed by atoms with Gasteiger partial charge in [0.15, 0.2) is 0 Å². The van der Waals surface area contributed by atoms with E-state index >= 15 is 0 Å². The molecule has 0 aromatic carbocycles. The smallest absolute Gasteiger partial charge is 0.0599 e. The van der Waals surface area contributed by atoms with E-state index in [4.69, 9.17) is 0 Å². The summed E-state index contributed by atoms with van der Waals surface area (Å²) in [6.45, 7) is 9.06. The van der Waals surface area contributed by atoms with Gasteiger partial charge in [0.25, 0.3) is 0 Å². The number of hydrogen-bond acceptors (Lipinski definition) is 1. The van der Waals surface area contributed by atoms with Crippen LogP contribution in [0.1, 0.15) is 46.0 Å². The fourth-order valence-electron chi connectivity index (χ4n) is 5.09. The second-order valence-electron chi connectivity index (χ2n) is 6.62. The molecule has 3 fully saturated rings. The lowest BCUT2D eigenvalue weighted by atomic mass is 9.70. The van der Waals surface area contributed by atoms with E-state index in [9.17, 15) is 5.11 Å². The maximum atomic E-state index is 10.3. The third-order valence-corrected chi connectivity index (χ3v) is 5.87. The van der Waals surface area contributed by atoms with E-state index in [2.05, 4.69) is 20.4 Å². The zero-order valence-corrected chi connectivity index (χ0v) is 9.92. The predicted molar refractivity (Wildman–Crippen MR) is 61.4 cm³/mol. The normalized spacial score (nSPS) is 51.9. The minimum absolute atomic E-state index is 0.0279. The summed E-state index contributed by atoms with van der Waals surface area (Å²) < 4.78 is 0. The zero-order valence-electron chi connectivity index (χ0n) is 9.92. The Hall–Kier alpha value is -0.300. The van der Waals surface area contributed by atoms with Crippen LogP contribution in [-0.4, -0.2) is 11.2 Å². The van der Waals surface area contributed by atoms with Gasteiger partial charge in [0.2, 0.25) is 0 Å². The van der Waals surface area contributed by atoms with E-state index in [1.165, 1.54) is 24.8 Å². The van der Waals surface area contributed by atoms with Gasteiger partial charge >= 0.3 is 0 Å². The molecule has 2 bridgehead atoms. The van der Waals surface area contributed by atoms with Gasteiger partial charge in [-0.3, -0.25) is 0 Å². The molecule has 0 saturated heterocycles. The Kier molecular flexibility index (Phi) is 1.77. The van der Waals surface area contributed by atoms with Gasteiger partial charge in [-0.25, -0.2) is 0 Å². The SMILES string of the molecule is C=C1CC[C@@]23C[C@@H]1C(C)(C)[C@@H]2CCC3O. The topological polar surface area (TPSA) is 20.2 Å². The first-order chi connectivity index (χ1) is 6.98. The average molecular weight is 206 g/mol. The van der Waals surface area contributed by atoms with Gasteiger partial charge in [0.1, 0.15) is 0 Å². The molecule has 1 nitrogen and oxygen atoms in total. The molecule has 1 N–H and O–H groups in total. The van der Waals surface area contributed by atoms with Gasteiger partial charge in [-0.05, 0) is 49.4 Å². The van der Waals surface area contributed by atoms with Crippen LogP contribution in [0, 0.1) is 22.7 Å². The Bertz CT molecular complexity index is 317. The number of aliphatic hydroxyl groups excluding tert-OH is 1. The fourth-order valence-corrected chi connectivity index (χ4v) is 5.09. The van der Waals surface area contributed by atoms with Gasteiger partial charge in [-0.1, -0.05) is 26.0 Å². The van der Waals surface area contributed by atoms with Gasteiger partial charge in [0, 0.05) is 5.41 Å². The van der Waals surface area contributed by atoms with Gasteiger partial charge in [-0.15, -0.1) is 0 Å². The summed E-state index contributed by atoms with van der Waals surface area (Å²) in [4.78, 5) is 0. The van der Waals surface area contributed by atoms with Crippen molar-refractivity contribution in [2.45, 2.75) is 52.1 Å². The van der Waals surface area contributed by atoms with E-state index in [-0.39, 0.29) is 11.5 Å². The van der Waals surface area contributed by atoms with Gasteiger partial charge in [-0.2, -0.15) is 0 Å². The molecule has 0 aliphatic heterocycles. The van der Waals surface area contributed by atoms with Crippen molar-refractivity contribution in [1.82, 2.24) is 0 Å². The number of allylic oxidation sites excluding steroid dienone is 1. The molecule has 15 heavy (non-hydrogen) atoms. The van der Waals surface area contributed by atoms with Crippen LogP contribution < -0.4 is 0 Å².